The molecule has 0 fully saturated rings. The van der Waals surface area contributed by atoms with Crippen LogP contribution in [0.1, 0.15) is 16.7 Å². The average molecular weight is 636 g/mol. The molecule has 0 radical (unpaired) electrons. The second-order valence-electron chi connectivity index (χ2n) is 12.3. The maximum atomic E-state index is 10.6. The molecule has 0 bridgehead atoms. The van der Waals surface area contributed by atoms with E-state index < -0.39 is 0 Å². The highest BCUT2D eigenvalue weighted by Gasteiger charge is 2.20. The van der Waals surface area contributed by atoms with Gasteiger partial charge in [0.25, 0.3) is 0 Å². The van der Waals surface area contributed by atoms with Gasteiger partial charge in [-0.2, -0.15) is 15.8 Å². The molecular weight excluding hydrogens is 611 g/mol. The molecule has 2 heterocycles. The van der Waals surface area contributed by atoms with Gasteiger partial charge in [-0.1, -0.05) is 84.9 Å². The Morgan fingerprint density at radius 2 is 0.900 bits per heavy atom. The van der Waals surface area contributed by atoms with Crippen LogP contribution in [0.2, 0.25) is 0 Å². The van der Waals surface area contributed by atoms with E-state index in [4.69, 9.17) is 0 Å². The van der Waals surface area contributed by atoms with Gasteiger partial charge in [0.2, 0.25) is 0 Å². The summed E-state index contributed by atoms with van der Waals surface area (Å²) >= 11 is 0. The lowest BCUT2D eigenvalue weighted by molar-refractivity contribution is 1.17. The standard InChI is InChI=1S/C45H25N5/c46-26-29-17-20-33(34-9-1-5-13-41(34)50-44-16-8-4-12-37(44)39-24-30(27-47)18-21-45(39)50)38(23-29)31-19-22-40(32(25-31)28-48)49-42-14-6-2-10-35(42)36-11-3-7-15-43(36)49/h1-25H. The van der Waals surface area contributed by atoms with Crippen LogP contribution in [0, 0.1) is 34.0 Å². The predicted molar refractivity (Wildman–Crippen MR) is 200 cm³/mol. The highest BCUT2D eigenvalue weighted by molar-refractivity contribution is 6.11. The lowest BCUT2D eigenvalue weighted by Crippen LogP contribution is -2.00. The Bertz CT molecular complexity index is 2920. The summed E-state index contributed by atoms with van der Waals surface area (Å²) in [5, 5.41) is 34.6. The van der Waals surface area contributed by atoms with Gasteiger partial charge >= 0.3 is 0 Å². The first kappa shape index (κ1) is 28.8. The molecule has 0 unspecified atom stereocenters. The van der Waals surface area contributed by atoms with E-state index in [1.165, 1.54) is 0 Å². The summed E-state index contributed by atoms with van der Waals surface area (Å²) < 4.78 is 4.41. The van der Waals surface area contributed by atoms with E-state index in [9.17, 15) is 15.8 Å². The number of hydrogen-bond acceptors (Lipinski definition) is 3. The minimum atomic E-state index is 0.534. The largest absolute Gasteiger partial charge is 0.309 e. The van der Waals surface area contributed by atoms with Gasteiger partial charge in [0.1, 0.15) is 6.07 Å². The fourth-order valence-corrected chi connectivity index (χ4v) is 7.46. The van der Waals surface area contributed by atoms with E-state index in [2.05, 4.69) is 75.9 Å². The number of hydrogen-bond donors (Lipinski definition) is 0. The summed E-state index contributed by atoms with van der Waals surface area (Å²) in [4.78, 5) is 0. The zero-order chi connectivity index (χ0) is 33.8. The molecule has 0 saturated heterocycles. The minimum Gasteiger partial charge on any atom is -0.309 e. The first-order chi connectivity index (χ1) is 24.7. The quantitative estimate of drug-likeness (QED) is 0.193. The summed E-state index contributed by atoms with van der Waals surface area (Å²) in [6.45, 7) is 0. The molecule has 9 rings (SSSR count). The maximum Gasteiger partial charge on any atom is 0.101 e. The number of para-hydroxylation sites is 4. The molecular formula is C45H25N5. The summed E-state index contributed by atoms with van der Waals surface area (Å²) in [6, 6.07) is 57.7. The maximum absolute atomic E-state index is 10.6. The van der Waals surface area contributed by atoms with Crippen molar-refractivity contribution in [2.75, 3.05) is 0 Å². The van der Waals surface area contributed by atoms with Crippen LogP contribution in [0.25, 0.3) is 77.2 Å². The SMILES string of the molecule is N#Cc1ccc(-c2ccccc2-n2c3ccccc3c3cc(C#N)ccc32)c(-c2ccc(-n3c4ccccc4c4ccccc43)c(C#N)c2)c1. The number of aromatic nitrogens is 2. The molecule has 230 valence electrons. The Balaban J connectivity index is 1.27. The summed E-state index contributed by atoms with van der Waals surface area (Å²) in [6.07, 6.45) is 0. The van der Waals surface area contributed by atoms with Crippen LogP contribution in [0.5, 0.6) is 0 Å². The second-order valence-corrected chi connectivity index (χ2v) is 12.3. The predicted octanol–water partition coefficient (Wildman–Crippen LogP) is 10.8. The Kier molecular flexibility index (Phi) is 6.56. The van der Waals surface area contributed by atoms with Crippen LogP contribution < -0.4 is 0 Å². The number of rotatable bonds is 4. The van der Waals surface area contributed by atoms with Gasteiger partial charge in [-0.15, -0.1) is 0 Å². The van der Waals surface area contributed by atoms with Crippen molar-refractivity contribution in [2.45, 2.75) is 0 Å². The molecule has 7 aromatic carbocycles. The Hall–Kier alpha value is -7.39. The van der Waals surface area contributed by atoms with Gasteiger partial charge in [0.15, 0.2) is 0 Å². The molecule has 0 saturated carbocycles. The molecule has 0 N–H and O–H groups in total. The molecule has 0 amide bonds. The highest BCUT2D eigenvalue weighted by Crippen LogP contribution is 2.41. The molecule has 2 aromatic heterocycles. The normalized spacial score (nSPS) is 11.1. The summed E-state index contributed by atoms with van der Waals surface area (Å²) in [7, 11) is 0. The summed E-state index contributed by atoms with van der Waals surface area (Å²) in [5.41, 5.74) is 11.2. The molecule has 0 atom stereocenters. The molecule has 5 heteroatoms. The zero-order valence-electron chi connectivity index (χ0n) is 26.7. The minimum absolute atomic E-state index is 0.534. The van der Waals surface area contributed by atoms with Gasteiger partial charge < -0.3 is 9.13 Å². The van der Waals surface area contributed by atoms with Crippen LogP contribution in [0.4, 0.5) is 0 Å². The Morgan fingerprint density at radius 1 is 0.360 bits per heavy atom. The van der Waals surface area contributed by atoms with Crippen molar-refractivity contribution in [3.63, 3.8) is 0 Å². The van der Waals surface area contributed by atoms with Gasteiger partial charge in [-0.05, 0) is 83.4 Å². The highest BCUT2D eigenvalue weighted by atomic mass is 15.0. The van der Waals surface area contributed by atoms with Crippen molar-refractivity contribution in [1.29, 1.82) is 15.8 Å². The third-order valence-corrected chi connectivity index (χ3v) is 9.63. The number of nitriles is 3. The third-order valence-electron chi connectivity index (χ3n) is 9.63. The number of nitrogens with zero attached hydrogens (tertiary/aromatic N) is 5. The van der Waals surface area contributed by atoms with Gasteiger partial charge in [0.05, 0.1) is 62.3 Å². The Labute approximate surface area is 287 Å². The average Bonchev–Trinajstić information content (AvgIpc) is 3.70. The number of fused-ring (bicyclic) bond motifs is 6. The topological polar surface area (TPSA) is 81.2 Å². The van der Waals surface area contributed by atoms with Crippen molar-refractivity contribution in [1.82, 2.24) is 9.13 Å². The lowest BCUT2D eigenvalue weighted by Gasteiger charge is -2.18. The first-order valence-corrected chi connectivity index (χ1v) is 16.3. The van der Waals surface area contributed by atoms with E-state index in [1.54, 1.807) is 0 Å². The van der Waals surface area contributed by atoms with Gasteiger partial charge in [-0.3, -0.25) is 0 Å². The van der Waals surface area contributed by atoms with E-state index in [0.717, 1.165) is 77.2 Å². The smallest absolute Gasteiger partial charge is 0.101 e. The second kappa shape index (κ2) is 11.4. The lowest BCUT2D eigenvalue weighted by atomic mass is 9.91. The molecule has 0 aliphatic rings. The zero-order valence-corrected chi connectivity index (χ0v) is 26.7. The van der Waals surface area contributed by atoms with E-state index in [0.29, 0.717) is 16.7 Å². The van der Waals surface area contributed by atoms with Gasteiger partial charge in [-0.25, -0.2) is 0 Å². The monoisotopic (exact) mass is 635 g/mol. The fraction of sp³-hybridized carbons (Fsp3) is 0. The van der Waals surface area contributed by atoms with E-state index in [-0.39, 0.29) is 0 Å². The van der Waals surface area contributed by atoms with Crippen LogP contribution in [-0.2, 0) is 0 Å². The first-order valence-electron chi connectivity index (χ1n) is 16.3. The van der Waals surface area contributed by atoms with Gasteiger partial charge in [0, 0.05) is 27.1 Å². The molecule has 0 aliphatic heterocycles. The van der Waals surface area contributed by atoms with Crippen LogP contribution in [0.3, 0.4) is 0 Å². The van der Waals surface area contributed by atoms with E-state index >= 15 is 0 Å². The van der Waals surface area contributed by atoms with Crippen molar-refractivity contribution < 1.29 is 0 Å². The van der Waals surface area contributed by atoms with Crippen molar-refractivity contribution >= 4 is 43.6 Å². The molecule has 5 nitrogen and oxygen atoms in total. The fourth-order valence-electron chi connectivity index (χ4n) is 7.46. The van der Waals surface area contributed by atoms with Crippen LogP contribution in [-0.4, -0.2) is 9.13 Å². The van der Waals surface area contributed by atoms with Crippen LogP contribution in [0.15, 0.2) is 152 Å². The third kappa shape index (κ3) is 4.31. The van der Waals surface area contributed by atoms with Crippen molar-refractivity contribution in [2.24, 2.45) is 0 Å². The van der Waals surface area contributed by atoms with E-state index in [1.807, 2.05) is 103 Å². The molecule has 9 aromatic rings. The Morgan fingerprint density at radius 3 is 1.56 bits per heavy atom. The molecule has 50 heavy (non-hydrogen) atoms. The summed E-state index contributed by atoms with van der Waals surface area (Å²) in [5.74, 6) is 0. The van der Waals surface area contributed by atoms with Crippen LogP contribution >= 0.6 is 0 Å². The van der Waals surface area contributed by atoms with Crippen molar-refractivity contribution in [3.8, 4) is 51.8 Å². The number of benzene rings is 7. The van der Waals surface area contributed by atoms with Crippen molar-refractivity contribution in [3.05, 3.63) is 168 Å². The molecule has 0 spiro atoms. The molecule has 0 aliphatic carbocycles.